The number of hydrogen-bond acceptors (Lipinski definition) is 1. The first kappa shape index (κ1) is 11.3. The molecule has 2 aliphatic carbocycles. The minimum Gasteiger partial charge on any atom is -0.385 e. The van der Waals surface area contributed by atoms with Crippen molar-refractivity contribution in [1.29, 1.82) is 0 Å². The van der Waals surface area contributed by atoms with Crippen LogP contribution in [0.25, 0.3) is 0 Å². The molecule has 0 bridgehead atoms. The van der Waals surface area contributed by atoms with Gasteiger partial charge < -0.3 is 5.11 Å². The van der Waals surface area contributed by atoms with Crippen LogP contribution >= 0.6 is 0 Å². The maximum atomic E-state index is 10.7. The van der Waals surface area contributed by atoms with Crippen molar-refractivity contribution in [3.63, 3.8) is 0 Å². The molecule has 1 aromatic carbocycles. The van der Waals surface area contributed by atoms with Gasteiger partial charge in [-0.1, -0.05) is 37.6 Å². The Balaban J connectivity index is 1.84. The minimum absolute atomic E-state index is 0.102. The Morgan fingerprint density at radius 3 is 2.18 bits per heavy atom. The molecule has 0 aromatic heterocycles. The van der Waals surface area contributed by atoms with Crippen LogP contribution in [0.5, 0.6) is 0 Å². The first-order valence-electron chi connectivity index (χ1n) is 6.86. The highest BCUT2D eigenvalue weighted by atomic mass is 16.3. The van der Waals surface area contributed by atoms with Crippen molar-refractivity contribution in [1.82, 2.24) is 0 Å². The molecule has 0 aliphatic heterocycles. The second-order valence-corrected chi connectivity index (χ2v) is 6.38. The van der Waals surface area contributed by atoms with Crippen LogP contribution in [0.1, 0.15) is 63.0 Å². The van der Waals surface area contributed by atoms with Crippen molar-refractivity contribution in [3.8, 4) is 0 Å². The predicted octanol–water partition coefficient (Wildman–Crippen LogP) is 3.96. The van der Waals surface area contributed by atoms with E-state index in [0.29, 0.717) is 0 Å². The Labute approximate surface area is 104 Å². The average Bonchev–Trinajstić information content (AvgIpc) is 2.96. The summed E-state index contributed by atoms with van der Waals surface area (Å²) < 4.78 is 0. The smallest absolute Gasteiger partial charge is 0.0921 e. The van der Waals surface area contributed by atoms with Gasteiger partial charge in [0, 0.05) is 5.41 Å². The largest absolute Gasteiger partial charge is 0.385 e. The van der Waals surface area contributed by atoms with Crippen molar-refractivity contribution >= 4 is 0 Å². The van der Waals surface area contributed by atoms with Crippen LogP contribution in [-0.2, 0) is 5.60 Å². The zero-order chi connectivity index (χ0) is 12.1. The monoisotopic (exact) mass is 230 g/mol. The Kier molecular flexibility index (Phi) is 2.38. The molecule has 0 radical (unpaired) electrons. The summed E-state index contributed by atoms with van der Waals surface area (Å²) in [4.78, 5) is 0. The molecule has 1 unspecified atom stereocenters. The Hall–Kier alpha value is -0.820. The molecule has 1 heteroatoms. The van der Waals surface area contributed by atoms with E-state index in [-0.39, 0.29) is 5.41 Å². The van der Waals surface area contributed by atoms with Gasteiger partial charge in [-0.25, -0.2) is 0 Å². The van der Waals surface area contributed by atoms with Crippen LogP contribution < -0.4 is 0 Å². The Morgan fingerprint density at radius 2 is 1.76 bits per heavy atom. The highest BCUT2D eigenvalue weighted by molar-refractivity contribution is 5.32. The third-order valence-corrected chi connectivity index (χ3v) is 5.22. The molecule has 92 valence electrons. The van der Waals surface area contributed by atoms with Crippen molar-refractivity contribution in [2.75, 3.05) is 0 Å². The van der Waals surface area contributed by atoms with Crippen molar-refractivity contribution < 1.29 is 5.11 Å². The van der Waals surface area contributed by atoms with Crippen LogP contribution in [0.4, 0.5) is 0 Å². The van der Waals surface area contributed by atoms with E-state index < -0.39 is 5.60 Å². The standard InChI is InChI=1S/C16H22O/c1-15(10-11-15)16(2,17)14-8-6-13(7-9-14)12-4-3-5-12/h6-9,12,17H,3-5,10-11H2,1-2H3. The van der Waals surface area contributed by atoms with E-state index in [1.807, 2.05) is 6.92 Å². The Morgan fingerprint density at radius 1 is 1.18 bits per heavy atom. The number of aliphatic hydroxyl groups is 1. The van der Waals surface area contributed by atoms with Gasteiger partial charge in [0.2, 0.25) is 0 Å². The van der Waals surface area contributed by atoms with Crippen LogP contribution in [0, 0.1) is 5.41 Å². The highest BCUT2D eigenvalue weighted by Gasteiger charge is 2.52. The lowest BCUT2D eigenvalue weighted by atomic mass is 9.77. The second-order valence-electron chi connectivity index (χ2n) is 6.38. The van der Waals surface area contributed by atoms with Crippen LogP contribution in [0.2, 0.25) is 0 Å². The first-order valence-corrected chi connectivity index (χ1v) is 6.86. The summed E-state index contributed by atoms with van der Waals surface area (Å²) in [6.45, 7) is 4.16. The van der Waals surface area contributed by atoms with Gasteiger partial charge in [-0.15, -0.1) is 0 Å². The molecule has 1 atom stereocenters. The molecule has 1 aromatic rings. The van der Waals surface area contributed by atoms with Crippen LogP contribution in [0.3, 0.4) is 0 Å². The number of benzene rings is 1. The lowest BCUT2D eigenvalue weighted by molar-refractivity contribution is -0.0126. The Bertz CT molecular complexity index is 408. The molecule has 2 saturated carbocycles. The summed E-state index contributed by atoms with van der Waals surface area (Å²) in [5.41, 5.74) is 1.98. The van der Waals surface area contributed by atoms with E-state index in [9.17, 15) is 5.11 Å². The summed E-state index contributed by atoms with van der Waals surface area (Å²) in [6, 6.07) is 8.72. The molecule has 0 heterocycles. The van der Waals surface area contributed by atoms with E-state index in [1.165, 1.54) is 24.8 Å². The van der Waals surface area contributed by atoms with E-state index in [2.05, 4.69) is 31.2 Å². The topological polar surface area (TPSA) is 20.2 Å². The minimum atomic E-state index is -0.662. The summed E-state index contributed by atoms with van der Waals surface area (Å²) in [6.07, 6.45) is 6.35. The van der Waals surface area contributed by atoms with Gasteiger partial charge in [0.1, 0.15) is 0 Å². The molecule has 2 fully saturated rings. The maximum Gasteiger partial charge on any atom is 0.0921 e. The highest BCUT2D eigenvalue weighted by Crippen LogP contribution is 2.57. The lowest BCUT2D eigenvalue weighted by Gasteiger charge is -2.32. The molecule has 2 aliphatic rings. The molecular formula is C16H22O. The third kappa shape index (κ3) is 1.72. The normalized spacial score (nSPS) is 26.1. The second kappa shape index (κ2) is 3.58. The first-order chi connectivity index (χ1) is 8.03. The van der Waals surface area contributed by atoms with Crippen LogP contribution in [0.15, 0.2) is 24.3 Å². The summed E-state index contributed by atoms with van der Waals surface area (Å²) in [5, 5.41) is 10.7. The van der Waals surface area contributed by atoms with E-state index in [0.717, 1.165) is 24.3 Å². The van der Waals surface area contributed by atoms with Crippen LogP contribution in [-0.4, -0.2) is 5.11 Å². The maximum absolute atomic E-state index is 10.7. The SMILES string of the molecule is CC1(C(C)(O)c2ccc(C3CCC3)cc2)CC1. The van der Waals surface area contributed by atoms with Gasteiger partial charge in [-0.05, 0) is 49.7 Å². The fourth-order valence-corrected chi connectivity index (χ4v) is 2.84. The fraction of sp³-hybridized carbons (Fsp3) is 0.625. The molecular weight excluding hydrogens is 208 g/mol. The van der Waals surface area contributed by atoms with E-state index >= 15 is 0 Å². The van der Waals surface area contributed by atoms with E-state index in [4.69, 9.17) is 0 Å². The average molecular weight is 230 g/mol. The molecule has 17 heavy (non-hydrogen) atoms. The summed E-state index contributed by atoms with van der Waals surface area (Å²) >= 11 is 0. The number of rotatable bonds is 3. The molecule has 0 amide bonds. The predicted molar refractivity (Wildman–Crippen MR) is 69.9 cm³/mol. The quantitative estimate of drug-likeness (QED) is 0.833. The van der Waals surface area contributed by atoms with Gasteiger partial charge in [-0.3, -0.25) is 0 Å². The molecule has 1 N–H and O–H groups in total. The van der Waals surface area contributed by atoms with Gasteiger partial charge in [0.25, 0.3) is 0 Å². The van der Waals surface area contributed by atoms with Gasteiger partial charge in [-0.2, -0.15) is 0 Å². The molecule has 3 rings (SSSR count). The van der Waals surface area contributed by atoms with Crippen molar-refractivity contribution in [2.45, 2.75) is 57.5 Å². The zero-order valence-corrected chi connectivity index (χ0v) is 10.9. The summed E-state index contributed by atoms with van der Waals surface area (Å²) in [5.74, 6) is 0.783. The third-order valence-electron chi connectivity index (χ3n) is 5.22. The van der Waals surface area contributed by atoms with Gasteiger partial charge >= 0.3 is 0 Å². The van der Waals surface area contributed by atoms with Gasteiger partial charge in [0.05, 0.1) is 5.60 Å². The fourth-order valence-electron chi connectivity index (χ4n) is 2.84. The number of hydrogen-bond donors (Lipinski definition) is 1. The van der Waals surface area contributed by atoms with Crippen molar-refractivity contribution in [2.24, 2.45) is 5.41 Å². The summed E-state index contributed by atoms with van der Waals surface area (Å²) in [7, 11) is 0. The molecule has 0 saturated heterocycles. The zero-order valence-electron chi connectivity index (χ0n) is 10.9. The van der Waals surface area contributed by atoms with E-state index in [1.54, 1.807) is 0 Å². The molecule has 0 spiro atoms. The molecule has 1 nitrogen and oxygen atoms in total. The van der Waals surface area contributed by atoms with Crippen molar-refractivity contribution in [3.05, 3.63) is 35.4 Å². The van der Waals surface area contributed by atoms with Gasteiger partial charge in [0.15, 0.2) is 0 Å². The lowest BCUT2D eigenvalue weighted by Crippen LogP contribution is -2.31.